The molecule has 1 rings (SSSR count). The SMILES string of the molecule is CCOCCOc1ccc(NC(=O)[C@](C)(CC)OC)cn1. The van der Waals surface area contributed by atoms with E-state index in [1.54, 1.807) is 25.3 Å². The van der Waals surface area contributed by atoms with Gasteiger partial charge in [-0.3, -0.25) is 4.79 Å². The summed E-state index contributed by atoms with van der Waals surface area (Å²) in [6.45, 7) is 7.22. The lowest BCUT2D eigenvalue weighted by atomic mass is 10.0. The molecule has 1 aromatic rings. The molecule has 1 heterocycles. The topological polar surface area (TPSA) is 69.7 Å². The Kier molecular flexibility index (Phi) is 7.11. The van der Waals surface area contributed by atoms with Crippen LogP contribution in [0, 0.1) is 0 Å². The first kappa shape index (κ1) is 17.4. The van der Waals surface area contributed by atoms with Crippen molar-refractivity contribution in [2.75, 3.05) is 32.2 Å². The van der Waals surface area contributed by atoms with Crippen LogP contribution in [0.2, 0.25) is 0 Å². The third-order valence-electron chi connectivity index (χ3n) is 3.28. The maximum atomic E-state index is 12.1. The average Bonchev–Trinajstić information content (AvgIpc) is 2.52. The van der Waals surface area contributed by atoms with Crippen molar-refractivity contribution in [2.45, 2.75) is 32.8 Å². The summed E-state index contributed by atoms with van der Waals surface area (Å²) in [7, 11) is 1.52. The number of nitrogens with zero attached hydrogens (tertiary/aromatic N) is 1. The van der Waals surface area contributed by atoms with Gasteiger partial charge < -0.3 is 19.5 Å². The van der Waals surface area contributed by atoms with E-state index in [9.17, 15) is 4.79 Å². The summed E-state index contributed by atoms with van der Waals surface area (Å²) >= 11 is 0. The first-order valence-corrected chi connectivity index (χ1v) is 7.09. The number of amides is 1. The van der Waals surface area contributed by atoms with Gasteiger partial charge in [-0.1, -0.05) is 6.92 Å². The Labute approximate surface area is 125 Å². The molecule has 0 saturated heterocycles. The number of aromatic nitrogens is 1. The van der Waals surface area contributed by atoms with E-state index in [0.717, 1.165) is 0 Å². The number of methoxy groups -OCH3 is 1. The molecule has 0 saturated carbocycles. The van der Waals surface area contributed by atoms with Crippen molar-refractivity contribution in [3.05, 3.63) is 18.3 Å². The van der Waals surface area contributed by atoms with E-state index >= 15 is 0 Å². The van der Waals surface area contributed by atoms with Crippen molar-refractivity contribution >= 4 is 11.6 Å². The summed E-state index contributed by atoms with van der Waals surface area (Å²) in [5.41, 5.74) is -0.235. The molecule has 21 heavy (non-hydrogen) atoms. The molecule has 6 heteroatoms. The smallest absolute Gasteiger partial charge is 0.256 e. The summed E-state index contributed by atoms with van der Waals surface area (Å²) in [6.07, 6.45) is 2.14. The summed E-state index contributed by atoms with van der Waals surface area (Å²) in [4.78, 5) is 16.2. The summed E-state index contributed by atoms with van der Waals surface area (Å²) in [6, 6.07) is 3.45. The normalized spacial score (nSPS) is 13.5. The molecule has 0 bridgehead atoms. The van der Waals surface area contributed by atoms with Crippen LogP contribution in [-0.4, -0.2) is 43.4 Å². The third-order valence-corrected chi connectivity index (χ3v) is 3.28. The fraction of sp³-hybridized carbons (Fsp3) is 0.600. The Morgan fingerprint density at radius 3 is 2.62 bits per heavy atom. The number of hydrogen-bond donors (Lipinski definition) is 1. The molecule has 1 N–H and O–H groups in total. The van der Waals surface area contributed by atoms with Crippen molar-refractivity contribution in [1.82, 2.24) is 4.98 Å². The second kappa shape index (κ2) is 8.59. The number of carbonyl (C=O) groups is 1. The highest BCUT2D eigenvalue weighted by molar-refractivity contribution is 5.96. The minimum Gasteiger partial charge on any atom is -0.475 e. The molecule has 0 fully saturated rings. The Hall–Kier alpha value is -1.66. The van der Waals surface area contributed by atoms with E-state index in [-0.39, 0.29) is 5.91 Å². The third kappa shape index (κ3) is 5.32. The van der Waals surface area contributed by atoms with Gasteiger partial charge in [0.2, 0.25) is 5.88 Å². The van der Waals surface area contributed by atoms with Gasteiger partial charge in [0.05, 0.1) is 18.5 Å². The molecule has 1 amide bonds. The highest BCUT2D eigenvalue weighted by Gasteiger charge is 2.30. The summed E-state index contributed by atoms with van der Waals surface area (Å²) in [5, 5.41) is 2.78. The number of ether oxygens (including phenoxy) is 3. The minimum absolute atomic E-state index is 0.195. The van der Waals surface area contributed by atoms with Gasteiger partial charge in [-0.05, 0) is 26.3 Å². The second-order valence-electron chi connectivity index (χ2n) is 4.67. The van der Waals surface area contributed by atoms with Crippen LogP contribution >= 0.6 is 0 Å². The molecule has 0 spiro atoms. The first-order chi connectivity index (χ1) is 10.1. The predicted molar refractivity (Wildman–Crippen MR) is 80.6 cm³/mol. The Bertz CT molecular complexity index is 430. The van der Waals surface area contributed by atoms with Crippen molar-refractivity contribution in [2.24, 2.45) is 0 Å². The van der Waals surface area contributed by atoms with Crippen molar-refractivity contribution in [3.8, 4) is 5.88 Å². The van der Waals surface area contributed by atoms with E-state index in [4.69, 9.17) is 14.2 Å². The van der Waals surface area contributed by atoms with Gasteiger partial charge in [0.15, 0.2) is 0 Å². The zero-order valence-corrected chi connectivity index (χ0v) is 13.1. The molecule has 6 nitrogen and oxygen atoms in total. The van der Waals surface area contributed by atoms with Gasteiger partial charge in [-0.25, -0.2) is 4.98 Å². The summed E-state index contributed by atoms with van der Waals surface area (Å²) < 4.78 is 15.8. The van der Waals surface area contributed by atoms with Gasteiger partial charge in [-0.15, -0.1) is 0 Å². The lowest BCUT2D eigenvalue weighted by molar-refractivity contribution is -0.136. The second-order valence-corrected chi connectivity index (χ2v) is 4.67. The van der Waals surface area contributed by atoms with Crippen molar-refractivity contribution in [1.29, 1.82) is 0 Å². The number of anilines is 1. The molecule has 1 atom stereocenters. The van der Waals surface area contributed by atoms with Gasteiger partial charge in [0.25, 0.3) is 5.91 Å². The van der Waals surface area contributed by atoms with Gasteiger partial charge in [0, 0.05) is 19.8 Å². The Balaban J connectivity index is 2.52. The molecule has 118 valence electrons. The first-order valence-electron chi connectivity index (χ1n) is 7.09. The molecule has 0 unspecified atom stereocenters. The van der Waals surface area contributed by atoms with Crippen LogP contribution in [0.3, 0.4) is 0 Å². The highest BCUT2D eigenvalue weighted by Crippen LogP contribution is 2.18. The van der Waals surface area contributed by atoms with E-state index in [1.165, 1.54) is 7.11 Å². The van der Waals surface area contributed by atoms with Crippen LogP contribution in [0.1, 0.15) is 27.2 Å². The number of rotatable bonds is 9. The Morgan fingerprint density at radius 2 is 2.10 bits per heavy atom. The number of nitrogens with one attached hydrogen (secondary N) is 1. The van der Waals surface area contributed by atoms with E-state index < -0.39 is 5.60 Å². The van der Waals surface area contributed by atoms with Crippen molar-refractivity contribution in [3.63, 3.8) is 0 Å². The van der Waals surface area contributed by atoms with Gasteiger partial charge >= 0.3 is 0 Å². The predicted octanol–water partition coefficient (Wildman–Crippen LogP) is 2.25. The highest BCUT2D eigenvalue weighted by atomic mass is 16.5. The van der Waals surface area contributed by atoms with E-state index in [0.29, 0.717) is 37.8 Å². The monoisotopic (exact) mass is 296 g/mol. The molecule has 0 aliphatic heterocycles. The summed E-state index contributed by atoms with van der Waals surface area (Å²) in [5.74, 6) is 0.303. The molecule has 1 aromatic heterocycles. The quantitative estimate of drug-likeness (QED) is 0.708. The maximum Gasteiger partial charge on any atom is 0.256 e. The van der Waals surface area contributed by atoms with Crippen LogP contribution in [0.4, 0.5) is 5.69 Å². The van der Waals surface area contributed by atoms with E-state index in [2.05, 4.69) is 10.3 Å². The lowest BCUT2D eigenvalue weighted by Crippen LogP contribution is -2.41. The number of carbonyl (C=O) groups excluding carboxylic acids is 1. The lowest BCUT2D eigenvalue weighted by Gasteiger charge is -2.25. The number of hydrogen-bond acceptors (Lipinski definition) is 5. The van der Waals surface area contributed by atoms with Crippen LogP contribution in [0.15, 0.2) is 18.3 Å². The molecular weight excluding hydrogens is 272 g/mol. The van der Waals surface area contributed by atoms with E-state index in [1.807, 2.05) is 13.8 Å². The average molecular weight is 296 g/mol. The van der Waals surface area contributed by atoms with Crippen LogP contribution in [0.5, 0.6) is 5.88 Å². The zero-order valence-electron chi connectivity index (χ0n) is 13.1. The minimum atomic E-state index is -0.841. The van der Waals surface area contributed by atoms with Crippen LogP contribution < -0.4 is 10.1 Å². The standard InChI is InChI=1S/C15H24N2O4/c1-5-15(3,19-4)14(18)17-12-7-8-13(16-11-12)21-10-9-20-6-2/h7-8,11H,5-6,9-10H2,1-4H3,(H,17,18)/t15-/m0/s1. The maximum absolute atomic E-state index is 12.1. The van der Waals surface area contributed by atoms with Crippen LogP contribution in [-0.2, 0) is 14.3 Å². The van der Waals surface area contributed by atoms with Crippen molar-refractivity contribution < 1.29 is 19.0 Å². The van der Waals surface area contributed by atoms with Crippen LogP contribution in [0.25, 0.3) is 0 Å². The Morgan fingerprint density at radius 1 is 1.33 bits per heavy atom. The fourth-order valence-electron chi connectivity index (χ4n) is 1.55. The molecule has 0 aliphatic rings. The largest absolute Gasteiger partial charge is 0.475 e. The molecule has 0 radical (unpaired) electrons. The fourth-order valence-corrected chi connectivity index (χ4v) is 1.55. The molecule has 0 aromatic carbocycles. The molecular formula is C15H24N2O4. The molecule has 0 aliphatic carbocycles. The van der Waals surface area contributed by atoms with Gasteiger partial charge in [-0.2, -0.15) is 0 Å². The van der Waals surface area contributed by atoms with Gasteiger partial charge in [0.1, 0.15) is 12.2 Å². The zero-order chi connectivity index (χ0) is 15.7. The number of pyridine rings is 1.